The van der Waals surface area contributed by atoms with Crippen LogP contribution in [-0.2, 0) is 0 Å². The number of benzene rings is 3. The molecule has 0 aliphatic carbocycles. The van der Waals surface area contributed by atoms with Gasteiger partial charge in [0.1, 0.15) is 11.3 Å². The number of aliphatic imine (C=N–C) groups is 1. The van der Waals surface area contributed by atoms with Crippen LogP contribution in [0.4, 0.5) is 5.69 Å². The first-order valence-corrected chi connectivity index (χ1v) is 9.27. The first-order chi connectivity index (χ1) is 13.5. The first-order valence-electron chi connectivity index (χ1n) is 8.89. The highest BCUT2D eigenvalue weighted by Gasteiger charge is 2.10. The predicted molar refractivity (Wildman–Crippen MR) is 114 cm³/mol. The number of hydrogen-bond donors (Lipinski definition) is 0. The second-order valence-electron chi connectivity index (χ2n) is 6.63. The molecule has 1 heterocycles. The molecule has 1 aromatic heterocycles. The lowest BCUT2D eigenvalue weighted by Crippen LogP contribution is -1.86. The summed E-state index contributed by atoms with van der Waals surface area (Å²) in [6, 6.07) is 17.4. The molecule has 0 spiro atoms. The summed E-state index contributed by atoms with van der Waals surface area (Å²) in [7, 11) is 1.59. The third-order valence-electron chi connectivity index (χ3n) is 4.64. The van der Waals surface area contributed by atoms with E-state index in [0.29, 0.717) is 16.7 Å². The molecule has 0 N–H and O–H groups in total. The second kappa shape index (κ2) is 7.49. The smallest absolute Gasteiger partial charge is 0.227 e. The molecule has 0 saturated carbocycles. The van der Waals surface area contributed by atoms with E-state index in [9.17, 15) is 0 Å². The lowest BCUT2D eigenvalue weighted by atomic mass is 10.1. The predicted octanol–water partition coefficient (Wildman–Crippen LogP) is 6.52. The van der Waals surface area contributed by atoms with Crippen molar-refractivity contribution >= 4 is 34.6 Å². The lowest BCUT2D eigenvalue weighted by molar-refractivity contribution is 0.415. The number of aromatic nitrogens is 1. The van der Waals surface area contributed by atoms with E-state index in [1.54, 1.807) is 13.3 Å². The summed E-state index contributed by atoms with van der Waals surface area (Å²) in [4.78, 5) is 9.17. The van der Waals surface area contributed by atoms with Crippen molar-refractivity contribution in [2.24, 2.45) is 4.99 Å². The van der Waals surface area contributed by atoms with Crippen molar-refractivity contribution in [3.8, 4) is 17.2 Å². The Morgan fingerprint density at radius 2 is 1.86 bits per heavy atom. The Morgan fingerprint density at radius 3 is 2.64 bits per heavy atom. The molecule has 0 aliphatic rings. The molecule has 4 aromatic rings. The molecular weight excluding hydrogens is 372 g/mol. The Balaban J connectivity index is 1.63. The molecule has 0 fully saturated rings. The van der Waals surface area contributed by atoms with Gasteiger partial charge in [0.2, 0.25) is 5.89 Å². The highest BCUT2D eigenvalue weighted by atomic mass is 35.5. The van der Waals surface area contributed by atoms with E-state index in [0.717, 1.165) is 27.9 Å². The van der Waals surface area contributed by atoms with Gasteiger partial charge in [-0.15, -0.1) is 0 Å². The minimum absolute atomic E-state index is 0.553. The zero-order valence-electron chi connectivity index (χ0n) is 15.9. The van der Waals surface area contributed by atoms with Crippen molar-refractivity contribution in [1.29, 1.82) is 0 Å². The summed E-state index contributed by atoms with van der Waals surface area (Å²) in [5, 5.41) is 0.553. The van der Waals surface area contributed by atoms with Crippen LogP contribution >= 0.6 is 11.6 Å². The van der Waals surface area contributed by atoms with Crippen LogP contribution in [0.3, 0.4) is 0 Å². The van der Waals surface area contributed by atoms with Gasteiger partial charge in [0.05, 0.1) is 17.8 Å². The topological polar surface area (TPSA) is 47.6 Å². The van der Waals surface area contributed by atoms with E-state index in [2.05, 4.69) is 23.8 Å². The number of nitrogens with zero attached hydrogens (tertiary/aromatic N) is 2. The number of fused-ring (bicyclic) bond motifs is 1. The third-order valence-corrected chi connectivity index (χ3v) is 4.93. The van der Waals surface area contributed by atoms with Crippen LogP contribution in [0, 0.1) is 13.8 Å². The number of methoxy groups -OCH3 is 1. The van der Waals surface area contributed by atoms with Gasteiger partial charge < -0.3 is 9.15 Å². The number of oxazole rings is 1. The Morgan fingerprint density at radius 1 is 1.04 bits per heavy atom. The molecule has 0 saturated heterocycles. The van der Waals surface area contributed by atoms with Crippen molar-refractivity contribution in [2.45, 2.75) is 13.8 Å². The van der Waals surface area contributed by atoms with Gasteiger partial charge in [-0.2, -0.15) is 0 Å². The van der Waals surface area contributed by atoms with Crippen LogP contribution in [0.15, 0.2) is 64.0 Å². The van der Waals surface area contributed by atoms with Gasteiger partial charge in [-0.3, -0.25) is 4.99 Å². The average molecular weight is 391 g/mol. The van der Waals surface area contributed by atoms with Gasteiger partial charge in [0.15, 0.2) is 5.58 Å². The Kier molecular flexibility index (Phi) is 4.88. The van der Waals surface area contributed by atoms with Crippen LogP contribution in [0.5, 0.6) is 5.75 Å². The van der Waals surface area contributed by atoms with Crippen LogP contribution in [0.2, 0.25) is 5.02 Å². The fourth-order valence-electron chi connectivity index (χ4n) is 2.93. The number of aryl methyl sites for hydroxylation is 2. The SMILES string of the molecule is COc1ccc(C=Nc2cccc(-c3nc4cc(C)c(C)cc4o3)c2)cc1Cl. The van der Waals surface area contributed by atoms with Gasteiger partial charge in [0, 0.05) is 11.8 Å². The first kappa shape index (κ1) is 18.3. The molecule has 4 nitrogen and oxygen atoms in total. The minimum Gasteiger partial charge on any atom is -0.495 e. The molecule has 0 aliphatic heterocycles. The lowest BCUT2D eigenvalue weighted by Gasteiger charge is -2.03. The van der Waals surface area contributed by atoms with Crippen LogP contribution in [-0.4, -0.2) is 18.3 Å². The largest absolute Gasteiger partial charge is 0.495 e. The van der Waals surface area contributed by atoms with E-state index in [1.165, 1.54) is 11.1 Å². The fourth-order valence-corrected chi connectivity index (χ4v) is 3.20. The molecular formula is C23H19ClN2O2. The van der Waals surface area contributed by atoms with E-state index in [1.807, 2.05) is 54.6 Å². The highest BCUT2D eigenvalue weighted by molar-refractivity contribution is 6.32. The van der Waals surface area contributed by atoms with Gasteiger partial charge in [-0.05, 0) is 79.1 Å². The van der Waals surface area contributed by atoms with Crippen molar-refractivity contribution in [1.82, 2.24) is 4.98 Å². The normalized spacial score (nSPS) is 11.4. The summed E-state index contributed by atoms with van der Waals surface area (Å²) >= 11 is 6.17. The molecule has 140 valence electrons. The van der Waals surface area contributed by atoms with Crippen LogP contribution < -0.4 is 4.74 Å². The number of rotatable bonds is 4. The van der Waals surface area contributed by atoms with Gasteiger partial charge in [-0.1, -0.05) is 17.7 Å². The molecule has 28 heavy (non-hydrogen) atoms. The number of ether oxygens (including phenoxy) is 1. The van der Waals surface area contributed by atoms with Crippen molar-refractivity contribution in [2.75, 3.05) is 7.11 Å². The fraction of sp³-hybridized carbons (Fsp3) is 0.130. The highest BCUT2D eigenvalue weighted by Crippen LogP contribution is 2.29. The van der Waals surface area contributed by atoms with E-state index in [4.69, 9.17) is 20.8 Å². The molecule has 4 rings (SSSR count). The summed E-state index contributed by atoms with van der Waals surface area (Å²) in [5.41, 5.74) is 6.62. The maximum Gasteiger partial charge on any atom is 0.227 e. The molecule has 0 atom stereocenters. The second-order valence-corrected chi connectivity index (χ2v) is 7.03. The summed E-state index contributed by atoms with van der Waals surface area (Å²) in [5.74, 6) is 1.23. The maximum absolute atomic E-state index is 6.17. The molecule has 3 aromatic carbocycles. The molecule has 0 bridgehead atoms. The molecule has 0 radical (unpaired) electrons. The Labute approximate surface area is 168 Å². The summed E-state index contributed by atoms with van der Waals surface area (Å²) in [6.07, 6.45) is 1.77. The average Bonchev–Trinajstić information content (AvgIpc) is 3.10. The van der Waals surface area contributed by atoms with Crippen LogP contribution in [0.1, 0.15) is 16.7 Å². The van der Waals surface area contributed by atoms with Crippen molar-refractivity contribution in [3.05, 3.63) is 76.3 Å². The third kappa shape index (κ3) is 3.64. The Bertz CT molecular complexity index is 1160. The van der Waals surface area contributed by atoms with Crippen molar-refractivity contribution < 1.29 is 9.15 Å². The molecule has 0 amide bonds. The maximum atomic E-state index is 6.17. The zero-order valence-corrected chi connectivity index (χ0v) is 16.6. The van der Waals surface area contributed by atoms with Crippen molar-refractivity contribution in [3.63, 3.8) is 0 Å². The molecule has 0 unspecified atom stereocenters. The van der Waals surface area contributed by atoms with Crippen LogP contribution in [0.25, 0.3) is 22.6 Å². The van der Waals surface area contributed by atoms with E-state index in [-0.39, 0.29) is 0 Å². The number of hydrogen-bond acceptors (Lipinski definition) is 4. The molecule has 5 heteroatoms. The monoisotopic (exact) mass is 390 g/mol. The van der Waals surface area contributed by atoms with E-state index < -0.39 is 0 Å². The Hall–Kier alpha value is -3.11. The summed E-state index contributed by atoms with van der Waals surface area (Å²) < 4.78 is 11.1. The summed E-state index contributed by atoms with van der Waals surface area (Å²) in [6.45, 7) is 4.14. The standard InChI is InChI=1S/C23H19ClN2O2/c1-14-9-20-22(10-15(14)2)28-23(26-20)17-5-4-6-18(12-17)25-13-16-7-8-21(27-3)19(24)11-16/h4-13H,1-3H3. The quantitative estimate of drug-likeness (QED) is 0.372. The number of halogens is 1. The van der Waals surface area contributed by atoms with Gasteiger partial charge >= 0.3 is 0 Å². The minimum atomic E-state index is 0.553. The zero-order chi connectivity index (χ0) is 19.7. The van der Waals surface area contributed by atoms with E-state index >= 15 is 0 Å². The van der Waals surface area contributed by atoms with Gasteiger partial charge in [0.25, 0.3) is 0 Å². The van der Waals surface area contributed by atoms with Gasteiger partial charge in [-0.25, -0.2) is 4.98 Å².